The summed E-state index contributed by atoms with van der Waals surface area (Å²) in [5.41, 5.74) is 0.894. The third kappa shape index (κ3) is 4.76. The number of aromatic nitrogens is 2. The zero-order valence-corrected chi connectivity index (χ0v) is 17.2. The van der Waals surface area contributed by atoms with Gasteiger partial charge in [0.05, 0.1) is 23.4 Å². The first kappa shape index (κ1) is 19.4. The molecule has 0 aliphatic carbocycles. The highest BCUT2D eigenvalue weighted by Crippen LogP contribution is 2.34. The van der Waals surface area contributed by atoms with E-state index >= 15 is 0 Å². The Morgan fingerprint density at radius 1 is 1.15 bits per heavy atom. The number of morpholine rings is 1. The van der Waals surface area contributed by atoms with Gasteiger partial charge in [-0.1, -0.05) is 0 Å². The van der Waals surface area contributed by atoms with E-state index < -0.39 is 11.1 Å². The van der Waals surface area contributed by atoms with Crippen molar-refractivity contribution in [2.24, 2.45) is 0 Å². The molecule has 1 N–H and O–H groups in total. The van der Waals surface area contributed by atoms with Crippen LogP contribution in [0.5, 0.6) is 0 Å². The number of rotatable bonds is 5. The molecule has 2 aromatic heterocycles. The first-order valence-corrected chi connectivity index (χ1v) is 11.4. The third-order valence-electron chi connectivity index (χ3n) is 4.83. The van der Waals surface area contributed by atoms with Gasteiger partial charge in [0.2, 0.25) is 5.28 Å². The minimum absolute atomic E-state index is 0.230. The second kappa shape index (κ2) is 8.64. The molecule has 1 unspecified atom stereocenters. The molecule has 0 bridgehead atoms. The quantitative estimate of drug-likeness (QED) is 0.563. The molecule has 0 amide bonds. The number of fused-ring (bicyclic) bond motifs is 1. The molecule has 2 saturated heterocycles. The molecule has 0 aromatic carbocycles. The summed E-state index contributed by atoms with van der Waals surface area (Å²) in [6.45, 7) is 7.24. The van der Waals surface area contributed by atoms with Gasteiger partial charge < -0.3 is 14.2 Å². The SMILES string of the molecule is O=S(O)CN1CCN(Cc2cc3nc(Cl)nc(N4CCOCC4)c3s2)CC1. The van der Waals surface area contributed by atoms with Crippen LogP contribution in [0.4, 0.5) is 5.82 Å². The van der Waals surface area contributed by atoms with E-state index in [0.717, 1.165) is 61.8 Å². The van der Waals surface area contributed by atoms with Gasteiger partial charge in [-0.3, -0.25) is 9.80 Å². The largest absolute Gasteiger partial charge is 0.378 e. The number of halogens is 1. The van der Waals surface area contributed by atoms with E-state index in [0.29, 0.717) is 13.2 Å². The molecule has 0 spiro atoms. The van der Waals surface area contributed by atoms with Gasteiger partial charge in [0.25, 0.3) is 0 Å². The molecule has 27 heavy (non-hydrogen) atoms. The highest BCUT2D eigenvalue weighted by molar-refractivity contribution is 7.79. The summed E-state index contributed by atoms with van der Waals surface area (Å²) in [4.78, 5) is 16.7. The summed E-state index contributed by atoms with van der Waals surface area (Å²) in [5.74, 6) is 1.13. The van der Waals surface area contributed by atoms with Crippen molar-refractivity contribution in [3.05, 3.63) is 16.2 Å². The van der Waals surface area contributed by atoms with E-state index in [2.05, 4.69) is 25.8 Å². The lowest BCUT2D eigenvalue weighted by molar-refractivity contribution is 0.122. The summed E-state index contributed by atoms with van der Waals surface area (Å²) >= 11 is 6.12. The predicted octanol–water partition coefficient (Wildman–Crippen LogP) is 1.48. The molecule has 8 nitrogen and oxygen atoms in total. The van der Waals surface area contributed by atoms with E-state index in [1.54, 1.807) is 11.3 Å². The van der Waals surface area contributed by atoms with Crippen molar-refractivity contribution in [1.82, 2.24) is 19.8 Å². The fourth-order valence-corrected chi connectivity index (χ4v) is 5.35. The molecule has 2 fully saturated rings. The Labute approximate surface area is 169 Å². The number of piperazine rings is 1. The number of anilines is 1. The number of ether oxygens (including phenoxy) is 1. The van der Waals surface area contributed by atoms with Gasteiger partial charge in [-0.2, -0.15) is 4.98 Å². The average molecular weight is 432 g/mol. The van der Waals surface area contributed by atoms with E-state index in [-0.39, 0.29) is 11.2 Å². The number of hydrogen-bond acceptors (Lipinski definition) is 8. The van der Waals surface area contributed by atoms with Crippen LogP contribution in [0.15, 0.2) is 6.07 Å². The van der Waals surface area contributed by atoms with Gasteiger partial charge in [0, 0.05) is 50.7 Å². The standard InChI is InChI=1S/C16H22ClN5O3S2/c17-16-18-13-9-12(10-20-1-3-21(4-2-20)11-27(23)24)26-14(13)15(19-16)22-5-7-25-8-6-22/h9H,1-8,10-11H2,(H,23,24). The highest BCUT2D eigenvalue weighted by Gasteiger charge is 2.22. The monoisotopic (exact) mass is 431 g/mol. The predicted molar refractivity (Wildman–Crippen MR) is 108 cm³/mol. The molecule has 0 saturated carbocycles. The fraction of sp³-hybridized carbons (Fsp3) is 0.625. The molecule has 4 rings (SSSR count). The average Bonchev–Trinajstić information content (AvgIpc) is 3.05. The molecule has 11 heteroatoms. The Morgan fingerprint density at radius 3 is 2.56 bits per heavy atom. The molecular formula is C16H22ClN5O3S2. The van der Waals surface area contributed by atoms with Crippen LogP contribution in [0.1, 0.15) is 4.88 Å². The minimum atomic E-state index is -1.76. The van der Waals surface area contributed by atoms with E-state index in [1.807, 2.05) is 4.90 Å². The van der Waals surface area contributed by atoms with E-state index in [4.69, 9.17) is 20.9 Å². The van der Waals surface area contributed by atoms with Gasteiger partial charge >= 0.3 is 0 Å². The lowest BCUT2D eigenvalue weighted by atomic mass is 10.3. The first-order valence-electron chi connectivity index (χ1n) is 8.89. The molecule has 148 valence electrons. The third-order valence-corrected chi connectivity index (χ3v) is 6.69. The Morgan fingerprint density at radius 2 is 1.85 bits per heavy atom. The summed E-state index contributed by atoms with van der Waals surface area (Å²) in [5, 5.41) is 0.277. The summed E-state index contributed by atoms with van der Waals surface area (Å²) < 4.78 is 26.5. The second-order valence-electron chi connectivity index (χ2n) is 6.69. The molecule has 0 radical (unpaired) electrons. The lowest BCUT2D eigenvalue weighted by Gasteiger charge is -2.33. The zero-order chi connectivity index (χ0) is 18.8. The van der Waals surface area contributed by atoms with E-state index in [1.165, 1.54) is 4.88 Å². The van der Waals surface area contributed by atoms with Gasteiger partial charge in [0.1, 0.15) is 5.88 Å². The topological polar surface area (TPSA) is 82.0 Å². The number of nitrogens with zero attached hydrogens (tertiary/aromatic N) is 5. The van der Waals surface area contributed by atoms with Crippen LogP contribution in [-0.2, 0) is 22.4 Å². The molecule has 2 aliphatic rings. The van der Waals surface area contributed by atoms with Crippen molar-refractivity contribution in [1.29, 1.82) is 0 Å². The highest BCUT2D eigenvalue weighted by atomic mass is 35.5. The minimum Gasteiger partial charge on any atom is -0.378 e. The Balaban J connectivity index is 1.48. The van der Waals surface area contributed by atoms with Crippen molar-refractivity contribution < 1.29 is 13.5 Å². The molecule has 4 heterocycles. The van der Waals surface area contributed by atoms with Crippen LogP contribution in [0, 0.1) is 0 Å². The van der Waals surface area contributed by atoms with Crippen LogP contribution in [0.2, 0.25) is 5.28 Å². The summed E-state index contributed by atoms with van der Waals surface area (Å²) in [6.07, 6.45) is 0. The van der Waals surface area contributed by atoms with Crippen molar-refractivity contribution in [3.8, 4) is 0 Å². The summed E-state index contributed by atoms with van der Waals surface area (Å²) in [6, 6.07) is 2.10. The number of hydrogen-bond donors (Lipinski definition) is 1. The second-order valence-corrected chi connectivity index (χ2v) is 9.06. The maximum atomic E-state index is 11.0. The van der Waals surface area contributed by atoms with Gasteiger partial charge in [-0.05, 0) is 17.7 Å². The maximum absolute atomic E-state index is 11.0. The first-order chi connectivity index (χ1) is 13.1. The van der Waals surface area contributed by atoms with E-state index in [9.17, 15) is 4.21 Å². The Hall–Kier alpha value is -0.880. The van der Waals surface area contributed by atoms with Crippen molar-refractivity contribution in [2.45, 2.75) is 6.54 Å². The van der Waals surface area contributed by atoms with Gasteiger partial charge in [-0.25, -0.2) is 9.19 Å². The lowest BCUT2D eigenvalue weighted by Crippen LogP contribution is -2.46. The van der Waals surface area contributed by atoms with Crippen molar-refractivity contribution in [3.63, 3.8) is 0 Å². The summed E-state index contributed by atoms with van der Waals surface area (Å²) in [7, 11) is 0. The Kier molecular flexibility index (Phi) is 6.22. The molecular weight excluding hydrogens is 410 g/mol. The van der Waals surface area contributed by atoms with Crippen molar-refractivity contribution >= 4 is 50.1 Å². The molecule has 2 aromatic rings. The van der Waals surface area contributed by atoms with Crippen LogP contribution >= 0.6 is 22.9 Å². The molecule has 2 aliphatic heterocycles. The van der Waals surface area contributed by atoms with Gasteiger partial charge in [-0.15, -0.1) is 11.3 Å². The van der Waals surface area contributed by atoms with Crippen LogP contribution in [0.25, 0.3) is 10.2 Å². The van der Waals surface area contributed by atoms with Crippen LogP contribution in [-0.4, -0.2) is 86.9 Å². The van der Waals surface area contributed by atoms with Crippen molar-refractivity contribution in [2.75, 3.05) is 63.3 Å². The van der Waals surface area contributed by atoms with Crippen LogP contribution in [0.3, 0.4) is 0 Å². The normalized spacial score (nSPS) is 21.0. The zero-order valence-electron chi connectivity index (χ0n) is 14.8. The number of thiophene rings is 1. The maximum Gasteiger partial charge on any atom is 0.224 e. The smallest absolute Gasteiger partial charge is 0.224 e. The van der Waals surface area contributed by atoms with Gasteiger partial charge in [0.15, 0.2) is 16.9 Å². The Bertz CT molecular complexity index is 822. The molecule has 1 atom stereocenters. The fourth-order valence-electron chi connectivity index (χ4n) is 3.46. The van der Waals surface area contributed by atoms with Crippen LogP contribution < -0.4 is 4.90 Å².